The largest absolute Gasteiger partial charge is 0.381 e. The van der Waals surface area contributed by atoms with Gasteiger partial charge in [0.1, 0.15) is 0 Å². The maximum Gasteiger partial charge on any atom is 0.314 e. The Kier molecular flexibility index (Phi) is 6.15. The zero-order chi connectivity index (χ0) is 19.9. The smallest absolute Gasteiger partial charge is 0.314 e. The van der Waals surface area contributed by atoms with Crippen LogP contribution >= 0.6 is 0 Å². The van der Waals surface area contributed by atoms with Crippen molar-refractivity contribution in [1.29, 1.82) is 0 Å². The molecule has 0 radical (unpaired) electrons. The van der Waals surface area contributed by atoms with E-state index in [1.807, 2.05) is 6.07 Å². The number of para-hydroxylation sites is 1. The lowest BCUT2D eigenvalue weighted by Gasteiger charge is -2.38. The molecule has 0 unspecified atom stereocenters. The molecule has 152 valence electrons. The van der Waals surface area contributed by atoms with Gasteiger partial charge >= 0.3 is 6.03 Å². The average molecular weight is 392 g/mol. The van der Waals surface area contributed by atoms with Gasteiger partial charge in [-0.05, 0) is 42.3 Å². The topological polar surface area (TPSA) is 55.3 Å². The van der Waals surface area contributed by atoms with Crippen molar-refractivity contribution in [2.45, 2.75) is 31.2 Å². The van der Waals surface area contributed by atoms with Gasteiger partial charge in [0.2, 0.25) is 0 Å². The molecule has 1 fully saturated rings. The Labute approximate surface area is 172 Å². The molecule has 2 aromatic carbocycles. The maximum absolute atomic E-state index is 12.4. The molecule has 3 aromatic rings. The summed E-state index contributed by atoms with van der Waals surface area (Å²) in [4.78, 5) is 12.4. The third-order valence-corrected chi connectivity index (χ3v) is 5.96. The number of aryl methyl sites for hydroxylation is 1. The molecular formula is C24H29N3O2. The summed E-state index contributed by atoms with van der Waals surface area (Å²) in [5.74, 6) is 0. The van der Waals surface area contributed by atoms with Gasteiger partial charge in [-0.15, -0.1) is 0 Å². The lowest BCUT2D eigenvalue weighted by Crippen LogP contribution is -2.47. The summed E-state index contributed by atoms with van der Waals surface area (Å²) in [6.07, 6.45) is 4.86. The third kappa shape index (κ3) is 4.62. The van der Waals surface area contributed by atoms with Crippen LogP contribution in [-0.4, -0.2) is 36.9 Å². The van der Waals surface area contributed by atoms with Crippen LogP contribution in [0, 0.1) is 0 Å². The Balaban J connectivity index is 1.26. The molecule has 0 saturated carbocycles. The van der Waals surface area contributed by atoms with Gasteiger partial charge in [-0.2, -0.15) is 0 Å². The summed E-state index contributed by atoms with van der Waals surface area (Å²) in [5.41, 5.74) is 2.48. The van der Waals surface area contributed by atoms with Crippen molar-refractivity contribution >= 4 is 16.9 Å². The molecule has 5 heteroatoms. The standard InChI is InChI=1S/C24H29N3O2/c28-23(25-14-6-15-27-16-11-20-7-4-5-10-22(20)27)26-19-24(12-17-29-18-13-24)21-8-2-1-3-9-21/h1-5,7-11,16H,6,12-15,17-19H2,(H2,25,26,28). The highest BCUT2D eigenvalue weighted by molar-refractivity contribution is 5.79. The van der Waals surface area contributed by atoms with Gasteiger partial charge in [0.15, 0.2) is 0 Å². The molecule has 4 rings (SSSR count). The Morgan fingerprint density at radius 2 is 1.72 bits per heavy atom. The molecule has 0 bridgehead atoms. The number of fused-ring (bicyclic) bond motifs is 1. The molecule has 1 aliphatic heterocycles. The molecule has 0 spiro atoms. The van der Waals surface area contributed by atoms with Crippen LogP contribution in [0.3, 0.4) is 0 Å². The zero-order valence-corrected chi connectivity index (χ0v) is 16.8. The summed E-state index contributed by atoms with van der Waals surface area (Å²) in [7, 11) is 0. The number of rotatable bonds is 7. The number of carbonyl (C=O) groups excluding carboxylic acids is 1. The van der Waals surface area contributed by atoms with Crippen LogP contribution in [0.1, 0.15) is 24.8 Å². The van der Waals surface area contributed by atoms with E-state index in [0.717, 1.165) is 39.0 Å². The number of nitrogens with one attached hydrogen (secondary N) is 2. The van der Waals surface area contributed by atoms with E-state index in [2.05, 4.69) is 76.0 Å². The Morgan fingerprint density at radius 3 is 2.55 bits per heavy atom. The number of nitrogens with zero attached hydrogens (tertiary/aromatic N) is 1. The number of hydrogen-bond donors (Lipinski definition) is 2. The van der Waals surface area contributed by atoms with Crippen molar-refractivity contribution in [1.82, 2.24) is 15.2 Å². The van der Waals surface area contributed by atoms with Gasteiger partial charge in [-0.1, -0.05) is 48.5 Å². The second-order valence-corrected chi connectivity index (χ2v) is 7.79. The van der Waals surface area contributed by atoms with Crippen LogP contribution in [0.5, 0.6) is 0 Å². The quantitative estimate of drug-likeness (QED) is 0.596. The molecule has 1 aromatic heterocycles. The Bertz CT molecular complexity index is 929. The summed E-state index contributed by atoms with van der Waals surface area (Å²) in [5, 5.41) is 7.36. The van der Waals surface area contributed by atoms with E-state index in [-0.39, 0.29) is 11.4 Å². The van der Waals surface area contributed by atoms with Crippen molar-refractivity contribution in [2.75, 3.05) is 26.3 Å². The first kappa shape index (κ1) is 19.5. The number of carbonyl (C=O) groups is 1. The van der Waals surface area contributed by atoms with Crippen LogP contribution in [0.4, 0.5) is 4.79 Å². The van der Waals surface area contributed by atoms with Gasteiger partial charge in [0.25, 0.3) is 0 Å². The first-order valence-electron chi connectivity index (χ1n) is 10.5. The normalized spacial score (nSPS) is 15.9. The minimum Gasteiger partial charge on any atom is -0.381 e. The average Bonchev–Trinajstić information content (AvgIpc) is 3.20. The fourth-order valence-electron chi connectivity index (χ4n) is 4.22. The maximum atomic E-state index is 12.4. The van der Waals surface area contributed by atoms with E-state index in [0.29, 0.717) is 13.1 Å². The highest BCUT2D eigenvalue weighted by atomic mass is 16.5. The van der Waals surface area contributed by atoms with Crippen molar-refractivity contribution in [2.24, 2.45) is 0 Å². The van der Waals surface area contributed by atoms with Crippen LogP contribution in [-0.2, 0) is 16.7 Å². The highest BCUT2D eigenvalue weighted by Gasteiger charge is 2.34. The van der Waals surface area contributed by atoms with E-state index < -0.39 is 0 Å². The number of hydrogen-bond acceptors (Lipinski definition) is 2. The Hall–Kier alpha value is -2.79. The lowest BCUT2D eigenvalue weighted by atomic mass is 9.74. The second kappa shape index (κ2) is 9.14. The number of urea groups is 1. The van der Waals surface area contributed by atoms with Crippen molar-refractivity contribution in [3.05, 3.63) is 72.4 Å². The van der Waals surface area contributed by atoms with E-state index in [4.69, 9.17) is 4.74 Å². The number of ether oxygens (including phenoxy) is 1. The van der Waals surface area contributed by atoms with E-state index in [9.17, 15) is 4.79 Å². The van der Waals surface area contributed by atoms with Gasteiger partial charge in [0, 0.05) is 50.0 Å². The van der Waals surface area contributed by atoms with Crippen LogP contribution in [0.15, 0.2) is 66.9 Å². The second-order valence-electron chi connectivity index (χ2n) is 7.79. The van der Waals surface area contributed by atoms with Crippen molar-refractivity contribution in [3.8, 4) is 0 Å². The summed E-state index contributed by atoms with van der Waals surface area (Å²) < 4.78 is 7.81. The van der Waals surface area contributed by atoms with Crippen molar-refractivity contribution < 1.29 is 9.53 Å². The molecule has 2 amide bonds. The molecule has 1 saturated heterocycles. The molecule has 5 nitrogen and oxygen atoms in total. The molecular weight excluding hydrogens is 362 g/mol. The minimum atomic E-state index is -0.0934. The summed E-state index contributed by atoms with van der Waals surface area (Å²) in [6, 6.07) is 20.9. The molecule has 0 atom stereocenters. The first-order valence-corrected chi connectivity index (χ1v) is 10.5. The van der Waals surface area contributed by atoms with Gasteiger partial charge in [-0.25, -0.2) is 4.79 Å². The van der Waals surface area contributed by atoms with Crippen LogP contribution < -0.4 is 10.6 Å². The third-order valence-electron chi connectivity index (χ3n) is 5.96. The molecule has 2 heterocycles. The van der Waals surface area contributed by atoms with Gasteiger partial charge in [-0.3, -0.25) is 0 Å². The lowest BCUT2D eigenvalue weighted by molar-refractivity contribution is 0.0507. The van der Waals surface area contributed by atoms with Gasteiger partial charge < -0.3 is 19.9 Å². The summed E-state index contributed by atoms with van der Waals surface area (Å²) in [6.45, 7) is 3.65. The molecule has 1 aliphatic rings. The van der Waals surface area contributed by atoms with Crippen LogP contribution in [0.2, 0.25) is 0 Å². The molecule has 2 N–H and O–H groups in total. The van der Waals surface area contributed by atoms with Gasteiger partial charge in [0.05, 0.1) is 0 Å². The highest BCUT2D eigenvalue weighted by Crippen LogP contribution is 2.34. The Morgan fingerprint density at radius 1 is 0.966 bits per heavy atom. The van der Waals surface area contributed by atoms with Crippen molar-refractivity contribution in [3.63, 3.8) is 0 Å². The molecule has 0 aliphatic carbocycles. The van der Waals surface area contributed by atoms with Crippen LogP contribution in [0.25, 0.3) is 10.9 Å². The predicted octanol–water partition coefficient (Wildman–Crippen LogP) is 4.08. The summed E-state index contributed by atoms with van der Waals surface area (Å²) >= 11 is 0. The fourth-order valence-corrected chi connectivity index (χ4v) is 4.22. The van der Waals surface area contributed by atoms with E-state index in [1.54, 1.807) is 0 Å². The zero-order valence-electron chi connectivity index (χ0n) is 16.8. The number of aromatic nitrogens is 1. The van der Waals surface area contributed by atoms with E-state index >= 15 is 0 Å². The minimum absolute atomic E-state index is 0.0408. The van der Waals surface area contributed by atoms with E-state index in [1.165, 1.54) is 16.5 Å². The number of benzene rings is 2. The molecule has 29 heavy (non-hydrogen) atoms. The monoisotopic (exact) mass is 391 g/mol. The first-order chi connectivity index (χ1) is 14.3. The predicted molar refractivity (Wildman–Crippen MR) is 116 cm³/mol. The SMILES string of the molecule is O=C(NCCCn1ccc2ccccc21)NCC1(c2ccccc2)CCOCC1. The fraction of sp³-hybridized carbons (Fsp3) is 0.375. The number of amides is 2.